The molecule has 0 aliphatic rings. The van der Waals surface area contributed by atoms with Gasteiger partial charge in [0.05, 0.1) is 14.2 Å². The SMILES string of the molecule is COC(=O)C(CCCC(OC#N)C(=O)OC)OC#N. The van der Waals surface area contributed by atoms with Crippen LogP contribution in [0.5, 0.6) is 0 Å². The van der Waals surface area contributed by atoms with E-state index in [1.165, 1.54) is 26.7 Å². The molecule has 0 saturated heterocycles. The molecule has 0 rings (SSSR count). The molecule has 0 bridgehead atoms. The zero-order chi connectivity index (χ0) is 14.7. The Morgan fingerprint density at radius 2 is 1.32 bits per heavy atom. The largest absolute Gasteiger partial charge is 0.466 e. The van der Waals surface area contributed by atoms with Crippen LogP contribution in [-0.2, 0) is 28.5 Å². The van der Waals surface area contributed by atoms with Crippen LogP contribution in [0, 0.1) is 23.0 Å². The van der Waals surface area contributed by atoms with E-state index in [4.69, 9.17) is 10.5 Å². The number of esters is 2. The van der Waals surface area contributed by atoms with Crippen molar-refractivity contribution < 1.29 is 28.5 Å². The van der Waals surface area contributed by atoms with Crippen LogP contribution < -0.4 is 0 Å². The van der Waals surface area contributed by atoms with Gasteiger partial charge in [-0.1, -0.05) is 0 Å². The number of hydrogen-bond donors (Lipinski definition) is 0. The Hall–Kier alpha value is -2.48. The predicted octanol–water partition coefficient (Wildman–Crippen LogP) is 0.235. The second-order valence-corrected chi connectivity index (χ2v) is 3.37. The van der Waals surface area contributed by atoms with Crippen LogP contribution in [0.15, 0.2) is 0 Å². The normalized spacial score (nSPS) is 12.2. The highest BCUT2D eigenvalue weighted by Gasteiger charge is 2.24. The van der Waals surface area contributed by atoms with Crippen molar-refractivity contribution >= 4 is 11.9 Å². The summed E-state index contributed by atoms with van der Waals surface area (Å²) >= 11 is 0. The smallest absolute Gasteiger partial charge is 0.348 e. The number of carbonyl (C=O) groups excluding carboxylic acids is 2. The maximum absolute atomic E-state index is 11.2. The molecule has 0 aromatic rings. The molecule has 0 amide bonds. The zero-order valence-corrected chi connectivity index (χ0v) is 10.6. The summed E-state index contributed by atoms with van der Waals surface area (Å²) in [5.74, 6) is -1.37. The highest BCUT2D eigenvalue weighted by Crippen LogP contribution is 2.11. The molecule has 8 heteroatoms. The van der Waals surface area contributed by atoms with Gasteiger partial charge in [0.2, 0.25) is 12.2 Å². The molecule has 0 N–H and O–H groups in total. The molecule has 0 aromatic heterocycles. The summed E-state index contributed by atoms with van der Waals surface area (Å²) in [5.41, 5.74) is 0. The Kier molecular flexibility index (Phi) is 8.29. The monoisotopic (exact) mass is 270 g/mol. The third kappa shape index (κ3) is 6.13. The first-order valence-corrected chi connectivity index (χ1v) is 5.35. The molecule has 0 aromatic carbocycles. The molecular formula is C11H14N2O6. The van der Waals surface area contributed by atoms with Gasteiger partial charge in [0.1, 0.15) is 0 Å². The van der Waals surface area contributed by atoms with Crippen molar-refractivity contribution in [2.24, 2.45) is 0 Å². The van der Waals surface area contributed by atoms with Crippen LogP contribution in [0.25, 0.3) is 0 Å². The van der Waals surface area contributed by atoms with Crippen LogP contribution in [-0.4, -0.2) is 38.4 Å². The van der Waals surface area contributed by atoms with Gasteiger partial charge in [-0.2, -0.15) is 10.5 Å². The quantitative estimate of drug-likeness (QED) is 0.454. The molecule has 2 unspecified atom stereocenters. The van der Waals surface area contributed by atoms with Gasteiger partial charge >= 0.3 is 11.9 Å². The Morgan fingerprint density at radius 3 is 1.58 bits per heavy atom. The van der Waals surface area contributed by atoms with E-state index in [0.717, 1.165) is 0 Å². The lowest BCUT2D eigenvalue weighted by Crippen LogP contribution is -2.27. The molecule has 19 heavy (non-hydrogen) atoms. The number of rotatable bonds is 8. The fourth-order valence-electron chi connectivity index (χ4n) is 1.33. The molecule has 104 valence electrons. The Balaban J connectivity index is 4.29. The van der Waals surface area contributed by atoms with Crippen LogP contribution in [0.3, 0.4) is 0 Å². The van der Waals surface area contributed by atoms with Crippen LogP contribution in [0.1, 0.15) is 19.3 Å². The standard InChI is InChI=1S/C11H14N2O6/c1-16-10(14)8(18-6-12)4-3-5-9(19-7-13)11(15)17-2/h8-9H,3-5H2,1-2H3. The molecule has 2 atom stereocenters. The van der Waals surface area contributed by atoms with E-state index in [1.807, 2.05) is 0 Å². The van der Waals surface area contributed by atoms with E-state index >= 15 is 0 Å². The van der Waals surface area contributed by atoms with Gasteiger partial charge in [0, 0.05) is 0 Å². The molecule has 0 spiro atoms. The molecule has 8 nitrogen and oxygen atoms in total. The summed E-state index contributed by atoms with van der Waals surface area (Å²) in [6, 6.07) is 0. The van der Waals surface area contributed by atoms with E-state index < -0.39 is 24.1 Å². The van der Waals surface area contributed by atoms with Gasteiger partial charge in [-0.25, -0.2) is 9.59 Å². The van der Waals surface area contributed by atoms with Gasteiger partial charge in [0.15, 0.2) is 0 Å². The van der Waals surface area contributed by atoms with Crippen molar-refractivity contribution in [2.45, 2.75) is 31.5 Å². The van der Waals surface area contributed by atoms with E-state index in [2.05, 4.69) is 18.9 Å². The van der Waals surface area contributed by atoms with E-state index in [9.17, 15) is 9.59 Å². The van der Waals surface area contributed by atoms with Crippen LogP contribution in [0.4, 0.5) is 0 Å². The summed E-state index contributed by atoms with van der Waals surface area (Å²) in [6.45, 7) is 0. The number of ether oxygens (including phenoxy) is 4. The highest BCUT2D eigenvalue weighted by atomic mass is 16.6. The third-order valence-electron chi connectivity index (χ3n) is 2.25. The predicted molar refractivity (Wildman–Crippen MR) is 58.9 cm³/mol. The number of nitrogens with zero attached hydrogens (tertiary/aromatic N) is 2. The first kappa shape index (κ1) is 16.5. The molecule has 0 saturated carbocycles. The number of hydrogen-bond acceptors (Lipinski definition) is 8. The average molecular weight is 270 g/mol. The Bertz CT molecular complexity index is 348. The summed E-state index contributed by atoms with van der Waals surface area (Å²) < 4.78 is 18.0. The number of nitriles is 2. The van der Waals surface area contributed by atoms with Gasteiger partial charge in [-0.05, 0) is 19.3 Å². The fourth-order valence-corrected chi connectivity index (χ4v) is 1.33. The lowest BCUT2D eigenvalue weighted by Gasteiger charge is -2.14. The van der Waals surface area contributed by atoms with Crippen molar-refractivity contribution in [1.29, 1.82) is 10.5 Å². The van der Waals surface area contributed by atoms with Crippen molar-refractivity contribution in [3.63, 3.8) is 0 Å². The van der Waals surface area contributed by atoms with Crippen molar-refractivity contribution in [3.05, 3.63) is 0 Å². The molecular weight excluding hydrogens is 256 g/mol. The molecule has 0 aliphatic heterocycles. The maximum atomic E-state index is 11.2. The van der Waals surface area contributed by atoms with Gasteiger partial charge in [0.25, 0.3) is 12.5 Å². The number of methoxy groups -OCH3 is 2. The molecule has 0 aliphatic carbocycles. The van der Waals surface area contributed by atoms with Gasteiger partial charge < -0.3 is 18.9 Å². The zero-order valence-electron chi connectivity index (χ0n) is 10.6. The van der Waals surface area contributed by atoms with E-state index in [1.54, 1.807) is 0 Å². The number of carbonyl (C=O) groups is 2. The fraction of sp³-hybridized carbons (Fsp3) is 0.636. The minimum Gasteiger partial charge on any atom is -0.466 e. The second kappa shape index (κ2) is 9.54. The molecule has 0 fully saturated rings. The lowest BCUT2D eigenvalue weighted by molar-refractivity contribution is -0.151. The second-order valence-electron chi connectivity index (χ2n) is 3.37. The summed E-state index contributed by atoms with van der Waals surface area (Å²) in [6.07, 6.45) is 1.36. The first-order chi connectivity index (χ1) is 9.10. The minimum atomic E-state index is -1.03. The van der Waals surface area contributed by atoms with Crippen LogP contribution >= 0.6 is 0 Å². The molecule has 0 heterocycles. The van der Waals surface area contributed by atoms with Gasteiger partial charge in [-0.3, -0.25) is 0 Å². The van der Waals surface area contributed by atoms with Crippen LogP contribution in [0.2, 0.25) is 0 Å². The summed E-state index contributed by atoms with van der Waals surface area (Å²) in [7, 11) is 2.35. The first-order valence-electron chi connectivity index (χ1n) is 5.35. The third-order valence-corrected chi connectivity index (χ3v) is 2.25. The minimum absolute atomic E-state index is 0.155. The van der Waals surface area contributed by atoms with Gasteiger partial charge in [-0.15, -0.1) is 0 Å². The lowest BCUT2D eigenvalue weighted by atomic mass is 10.1. The van der Waals surface area contributed by atoms with Crippen molar-refractivity contribution in [1.82, 2.24) is 0 Å². The Labute approximate surface area is 110 Å². The average Bonchev–Trinajstić information content (AvgIpc) is 2.43. The van der Waals surface area contributed by atoms with E-state index in [0.29, 0.717) is 6.42 Å². The maximum Gasteiger partial charge on any atom is 0.348 e. The summed E-state index contributed by atoms with van der Waals surface area (Å²) in [4.78, 5) is 22.4. The Morgan fingerprint density at radius 1 is 0.947 bits per heavy atom. The molecule has 0 radical (unpaired) electrons. The van der Waals surface area contributed by atoms with E-state index in [-0.39, 0.29) is 12.8 Å². The summed E-state index contributed by atoms with van der Waals surface area (Å²) in [5, 5.41) is 16.8. The highest BCUT2D eigenvalue weighted by molar-refractivity contribution is 5.75. The van der Waals surface area contributed by atoms with Crippen molar-refractivity contribution in [2.75, 3.05) is 14.2 Å². The topological polar surface area (TPSA) is 119 Å². The van der Waals surface area contributed by atoms with Crippen molar-refractivity contribution in [3.8, 4) is 12.5 Å².